The first-order valence-electron chi connectivity index (χ1n) is 8.42. The molecule has 3 N–H and O–H groups in total. The number of amides is 1. The third kappa shape index (κ3) is 5.09. The molecule has 2 saturated heterocycles. The Kier molecular flexibility index (Phi) is 5.33. The first-order chi connectivity index (χ1) is 10.5. The van der Waals surface area contributed by atoms with Crippen LogP contribution in [0.3, 0.4) is 0 Å². The third-order valence-corrected chi connectivity index (χ3v) is 4.86. The van der Waals surface area contributed by atoms with Crippen molar-refractivity contribution < 1.29 is 18.7 Å². The van der Waals surface area contributed by atoms with Gasteiger partial charge >= 0.3 is 0 Å². The number of likely N-dealkylation sites (tertiary alicyclic amines) is 2. The van der Waals surface area contributed by atoms with Gasteiger partial charge in [0.2, 0.25) is 5.91 Å². The van der Waals surface area contributed by atoms with Crippen LogP contribution in [0.15, 0.2) is 0 Å². The van der Waals surface area contributed by atoms with E-state index in [-0.39, 0.29) is 18.7 Å². The smallest absolute Gasteiger partial charge is 0.250 e. The molecule has 0 aromatic rings. The Morgan fingerprint density at radius 1 is 1.13 bits per heavy atom. The standard InChI is InChI=1S/C16H29F2N3O2/c1-14(2,19)13(22)21-8-3-4-15(23,5-11-21)12-20-9-6-16(17,18)7-10-20/h23H,3-12,19H2,1-2H3. The van der Waals surface area contributed by atoms with E-state index in [1.165, 1.54) is 0 Å². The molecule has 0 aromatic heterocycles. The number of β-amino-alcohol motifs (C(OH)–C–C–N with tert-alkyl or cyclic N) is 1. The fraction of sp³-hybridized carbons (Fsp3) is 0.938. The second-order valence-electron chi connectivity index (χ2n) is 7.72. The first-order valence-corrected chi connectivity index (χ1v) is 8.42. The van der Waals surface area contributed by atoms with E-state index in [2.05, 4.69) is 0 Å². The van der Waals surface area contributed by atoms with Gasteiger partial charge in [0.05, 0.1) is 11.1 Å². The molecule has 0 saturated carbocycles. The zero-order valence-electron chi connectivity index (χ0n) is 14.2. The highest BCUT2D eigenvalue weighted by Crippen LogP contribution is 2.30. The summed E-state index contributed by atoms with van der Waals surface area (Å²) in [4.78, 5) is 15.9. The van der Waals surface area contributed by atoms with Crippen molar-refractivity contribution in [2.45, 2.75) is 63.0 Å². The Morgan fingerprint density at radius 3 is 2.30 bits per heavy atom. The number of carbonyl (C=O) groups excluding carboxylic acids is 1. The van der Waals surface area contributed by atoms with Crippen molar-refractivity contribution >= 4 is 5.91 Å². The Labute approximate surface area is 136 Å². The highest BCUT2D eigenvalue weighted by atomic mass is 19.3. The molecule has 2 aliphatic rings. The molecule has 23 heavy (non-hydrogen) atoms. The van der Waals surface area contributed by atoms with Gasteiger partial charge in [0.1, 0.15) is 0 Å². The number of carbonyl (C=O) groups is 1. The van der Waals surface area contributed by atoms with E-state index in [1.54, 1.807) is 18.7 Å². The second-order valence-corrected chi connectivity index (χ2v) is 7.72. The number of nitrogens with zero attached hydrogens (tertiary/aromatic N) is 2. The van der Waals surface area contributed by atoms with E-state index in [9.17, 15) is 18.7 Å². The van der Waals surface area contributed by atoms with Gasteiger partial charge in [-0.05, 0) is 33.1 Å². The molecule has 0 aliphatic carbocycles. The average Bonchev–Trinajstić information content (AvgIpc) is 2.62. The highest BCUT2D eigenvalue weighted by Gasteiger charge is 2.39. The predicted molar refractivity (Wildman–Crippen MR) is 84.3 cm³/mol. The summed E-state index contributed by atoms with van der Waals surface area (Å²) in [5.41, 5.74) is 4.04. The van der Waals surface area contributed by atoms with Crippen LogP contribution in [0.1, 0.15) is 46.0 Å². The van der Waals surface area contributed by atoms with Gasteiger partial charge in [-0.3, -0.25) is 4.79 Å². The zero-order chi connectivity index (χ0) is 17.3. The van der Waals surface area contributed by atoms with Crippen LogP contribution in [0, 0.1) is 0 Å². The summed E-state index contributed by atoms with van der Waals surface area (Å²) in [5.74, 6) is -2.68. The molecular weight excluding hydrogens is 304 g/mol. The SMILES string of the molecule is CC(C)(N)C(=O)N1CCCC(O)(CN2CCC(F)(F)CC2)CC1. The van der Waals surface area contributed by atoms with E-state index in [0.717, 1.165) is 0 Å². The van der Waals surface area contributed by atoms with E-state index < -0.39 is 17.1 Å². The van der Waals surface area contributed by atoms with Crippen LogP contribution in [-0.2, 0) is 4.79 Å². The Balaban J connectivity index is 1.90. The van der Waals surface area contributed by atoms with E-state index >= 15 is 0 Å². The van der Waals surface area contributed by atoms with E-state index in [1.807, 2.05) is 4.90 Å². The maximum absolute atomic E-state index is 13.2. The number of rotatable bonds is 3. The molecule has 0 radical (unpaired) electrons. The van der Waals surface area contributed by atoms with Crippen LogP contribution in [0.4, 0.5) is 8.78 Å². The maximum Gasteiger partial charge on any atom is 0.250 e. The molecule has 1 atom stereocenters. The van der Waals surface area contributed by atoms with Crippen LogP contribution < -0.4 is 5.73 Å². The lowest BCUT2D eigenvalue weighted by atomic mass is 9.93. The summed E-state index contributed by atoms with van der Waals surface area (Å²) in [5, 5.41) is 10.8. The summed E-state index contributed by atoms with van der Waals surface area (Å²) in [6.07, 6.45) is 1.45. The van der Waals surface area contributed by atoms with Gasteiger partial charge in [-0.1, -0.05) is 0 Å². The summed E-state index contributed by atoms with van der Waals surface area (Å²) in [6, 6.07) is 0. The quantitative estimate of drug-likeness (QED) is 0.814. The van der Waals surface area contributed by atoms with Crippen molar-refractivity contribution in [3.63, 3.8) is 0 Å². The van der Waals surface area contributed by atoms with Crippen LogP contribution in [-0.4, -0.2) is 70.6 Å². The molecule has 2 heterocycles. The zero-order valence-corrected chi connectivity index (χ0v) is 14.2. The number of halogens is 2. The van der Waals surface area contributed by atoms with Crippen molar-refractivity contribution in [3.05, 3.63) is 0 Å². The molecule has 2 aliphatic heterocycles. The first kappa shape index (κ1) is 18.5. The Morgan fingerprint density at radius 2 is 1.74 bits per heavy atom. The lowest BCUT2D eigenvalue weighted by Gasteiger charge is -2.38. The van der Waals surface area contributed by atoms with Gasteiger partial charge < -0.3 is 20.6 Å². The number of piperidine rings is 1. The monoisotopic (exact) mass is 333 g/mol. The summed E-state index contributed by atoms with van der Waals surface area (Å²) in [6.45, 7) is 5.43. The molecule has 0 aromatic carbocycles. The molecule has 2 fully saturated rings. The fourth-order valence-corrected chi connectivity index (χ4v) is 3.40. The fourth-order valence-electron chi connectivity index (χ4n) is 3.40. The molecule has 2 rings (SSSR count). The molecule has 1 amide bonds. The molecule has 0 spiro atoms. The van der Waals surface area contributed by atoms with Crippen LogP contribution in [0.5, 0.6) is 0 Å². The van der Waals surface area contributed by atoms with Crippen LogP contribution >= 0.6 is 0 Å². The normalized spacial score (nSPS) is 30.1. The highest BCUT2D eigenvalue weighted by molar-refractivity contribution is 5.85. The molecular formula is C16H29F2N3O2. The van der Waals surface area contributed by atoms with Crippen molar-refractivity contribution in [2.24, 2.45) is 5.73 Å². The average molecular weight is 333 g/mol. The Bertz CT molecular complexity index is 430. The number of alkyl halides is 2. The minimum Gasteiger partial charge on any atom is -0.388 e. The predicted octanol–water partition coefficient (Wildman–Crippen LogP) is 1.20. The molecule has 1 unspecified atom stereocenters. The maximum atomic E-state index is 13.2. The number of hydrogen-bond acceptors (Lipinski definition) is 4. The van der Waals surface area contributed by atoms with Crippen molar-refractivity contribution in [1.29, 1.82) is 0 Å². The van der Waals surface area contributed by atoms with Gasteiger partial charge in [0.15, 0.2) is 0 Å². The van der Waals surface area contributed by atoms with Crippen molar-refractivity contribution in [2.75, 3.05) is 32.7 Å². The summed E-state index contributed by atoms with van der Waals surface area (Å²) >= 11 is 0. The molecule has 0 bridgehead atoms. The van der Waals surface area contributed by atoms with Gasteiger partial charge in [0, 0.05) is 45.6 Å². The topological polar surface area (TPSA) is 69.8 Å². The van der Waals surface area contributed by atoms with Gasteiger partial charge in [-0.2, -0.15) is 0 Å². The van der Waals surface area contributed by atoms with Crippen LogP contribution in [0.2, 0.25) is 0 Å². The van der Waals surface area contributed by atoms with Crippen molar-refractivity contribution in [3.8, 4) is 0 Å². The molecule has 5 nitrogen and oxygen atoms in total. The van der Waals surface area contributed by atoms with E-state index in [4.69, 9.17) is 5.73 Å². The number of nitrogens with two attached hydrogens (primary N) is 1. The number of aliphatic hydroxyl groups is 1. The number of hydrogen-bond donors (Lipinski definition) is 2. The summed E-state index contributed by atoms with van der Waals surface area (Å²) < 4.78 is 26.4. The van der Waals surface area contributed by atoms with Gasteiger partial charge in [0.25, 0.3) is 5.92 Å². The van der Waals surface area contributed by atoms with Gasteiger partial charge in [-0.25, -0.2) is 8.78 Å². The summed E-state index contributed by atoms with van der Waals surface area (Å²) in [7, 11) is 0. The van der Waals surface area contributed by atoms with Crippen molar-refractivity contribution in [1.82, 2.24) is 9.80 Å². The lowest BCUT2D eigenvalue weighted by molar-refractivity contribution is -0.136. The lowest BCUT2D eigenvalue weighted by Crippen LogP contribution is -2.52. The Hall–Kier alpha value is -0.790. The molecule has 7 heteroatoms. The van der Waals surface area contributed by atoms with Gasteiger partial charge in [-0.15, -0.1) is 0 Å². The minimum absolute atomic E-state index is 0.112. The molecule has 134 valence electrons. The van der Waals surface area contributed by atoms with Crippen LogP contribution in [0.25, 0.3) is 0 Å². The van der Waals surface area contributed by atoms with E-state index in [0.29, 0.717) is 52.0 Å². The third-order valence-electron chi connectivity index (χ3n) is 4.86. The minimum atomic E-state index is -2.57. The largest absolute Gasteiger partial charge is 0.388 e. The second kappa shape index (κ2) is 6.61.